The largest absolute Gasteiger partial charge is 0.363 e. The zero-order valence-electron chi connectivity index (χ0n) is 8.24. The van der Waals surface area contributed by atoms with E-state index in [1.165, 1.54) is 19.3 Å². The second kappa shape index (κ2) is 5.92. The van der Waals surface area contributed by atoms with Gasteiger partial charge in [0, 0.05) is 0 Å². The molecule has 2 atom stereocenters. The van der Waals surface area contributed by atoms with Gasteiger partial charge in [-0.3, -0.25) is 0 Å². The van der Waals surface area contributed by atoms with E-state index in [4.69, 9.17) is 4.74 Å². The van der Waals surface area contributed by atoms with Crippen LogP contribution in [0.3, 0.4) is 0 Å². The van der Waals surface area contributed by atoms with E-state index >= 15 is 0 Å². The number of aldehydes is 1. The van der Waals surface area contributed by atoms with Crippen LogP contribution in [0.5, 0.6) is 0 Å². The summed E-state index contributed by atoms with van der Waals surface area (Å²) in [6.07, 6.45) is 10.5. The molecule has 0 spiro atoms. The van der Waals surface area contributed by atoms with Crippen molar-refractivity contribution in [2.45, 2.75) is 51.2 Å². The summed E-state index contributed by atoms with van der Waals surface area (Å²) in [5, 5.41) is 0. The zero-order valence-corrected chi connectivity index (χ0v) is 8.24. The average molecular weight is 182 g/mol. The smallest absolute Gasteiger partial charge is 0.152 e. The third-order valence-electron chi connectivity index (χ3n) is 2.34. The van der Waals surface area contributed by atoms with E-state index in [-0.39, 0.29) is 12.2 Å². The molecule has 13 heavy (non-hydrogen) atoms. The lowest BCUT2D eigenvalue weighted by Crippen LogP contribution is -2.24. The van der Waals surface area contributed by atoms with Crippen LogP contribution in [0, 0.1) is 0 Å². The summed E-state index contributed by atoms with van der Waals surface area (Å²) in [4.78, 5) is 10.5. The minimum absolute atomic E-state index is 0.270. The first-order valence-electron chi connectivity index (χ1n) is 5.14. The van der Waals surface area contributed by atoms with Gasteiger partial charge in [0.2, 0.25) is 0 Å². The molecule has 0 saturated heterocycles. The van der Waals surface area contributed by atoms with Crippen molar-refractivity contribution in [3.8, 4) is 0 Å². The maximum absolute atomic E-state index is 10.5. The molecule has 2 unspecified atom stereocenters. The molecule has 1 aliphatic heterocycles. The number of hydrogen-bond acceptors (Lipinski definition) is 2. The average Bonchev–Trinajstić information content (AvgIpc) is 2.19. The van der Waals surface area contributed by atoms with E-state index in [1.807, 2.05) is 6.08 Å². The lowest BCUT2D eigenvalue weighted by Gasteiger charge is -2.22. The van der Waals surface area contributed by atoms with E-state index in [0.717, 1.165) is 19.1 Å². The first-order valence-corrected chi connectivity index (χ1v) is 5.14. The van der Waals surface area contributed by atoms with Gasteiger partial charge >= 0.3 is 0 Å². The number of rotatable bonds is 5. The summed E-state index contributed by atoms with van der Waals surface area (Å²) in [5.41, 5.74) is 0. The Bertz CT molecular complexity index is 175. The molecule has 1 heterocycles. The van der Waals surface area contributed by atoms with E-state index in [1.54, 1.807) is 0 Å². The number of hydrogen-bond donors (Lipinski definition) is 0. The maximum Gasteiger partial charge on any atom is 0.152 e. The van der Waals surface area contributed by atoms with Crippen molar-refractivity contribution >= 4 is 6.29 Å². The van der Waals surface area contributed by atoms with Gasteiger partial charge in [-0.15, -0.1) is 0 Å². The number of carbonyl (C=O) groups excluding carboxylic acids is 1. The van der Waals surface area contributed by atoms with Crippen LogP contribution >= 0.6 is 0 Å². The normalized spacial score (nSPS) is 27.5. The summed E-state index contributed by atoms with van der Waals surface area (Å²) >= 11 is 0. The van der Waals surface area contributed by atoms with Gasteiger partial charge in [0.05, 0.1) is 6.10 Å². The van der Waals surface area contributed by atoms with Crippen LogP contribution in [-0.2, 0) is 9.53 Å². The lowest BCUT2D eigenvalue weighted by atomic mass is 10.1. The topological polar surface area (TPSA) is 26.3 Å². The quantitative estimate of drug-likeness (QED) is 0.371. The van der Waals surface area contributed by atoms with Gasteiger partial charge < -0.3 is 9.53 Å². The van der Waals surface area contributed by atoms with Crippen molar-refractivity contribution in [2.75, 3.05) is 0 Å². The summed E-state index contributed by atoms with van der Waals surface area (Å²) in [6.45, 7) is 2.19. The van der Waals surface area contributed by atoms with Crippen LogP contribution in [-0.4, -0.2) is 18.5 Å². The molecule has 0 radical (unpaired) electrons. The minimum Gasteiger partial charge on any atom is -0.363 e. The van der Waals surface area contributed by atoms with Gasteiger partial charge in [-0.25, -0.2) is 0 Å². The highest BCUT2D eigenvalue weighted by atomic mass is 16.5. The Morgan fingerprint density at radius 2 is 2.38 bits per heavy atom. The Morgan fingerprint density at radius 1 is 1.54 bits per heavy atom. The van der Waals surface area contributed by atoms with Gasteiger partial charge in [0.15, 0.2) is 6.29 Å². The summed E-state index contributed by atoms with van der Waals surface area (Å²) in [5.74, 6) is 0. The van der Waals surface area contributed by atoms with Crippen molar-refractivity contribution < 1.29 is 9.53 Å². The second-order valence-electron chi connectivity index (χ2n) is 3.52. The van der Waals surface area contributed by atoms with Crippen molar-refractivity contribution in [3.63, 3.8) is 0 Å². The highest BCUT2D eigenvalue weighted by Crippen LogP contribution is 2.16. The fourth-order valence-electron chi connectivity index (χ4n) is 1.57. The molecule has 0 aromatic heterocycles. The van der Waals surface area contributed by atoms with Crippen LogP contribution in [0.2, 0.25) is 0 Å². The SMILES string of the molecule is CCCCCC1CC=CC(C=O)O1. The van der Waals surface area contributed by atoms with E-state index < -0.39 is 0 Å². The molecule has 1 rings (SSSR count). The van der Waals surface area contributed by atoms with Crippen molar-refractivity contribution in [3.05, 3.63) is 12.2 Å². The third kappa shape index (κ3) is 3.73. The Morgan fingerprint density at radius 3 is 3.08 bits per heavy atom. The molecule has 0 N–H and O–H groups in total. The van der Waals surface area contributed by atoms with E-state index in [9.17, 15) is 4.79 Å². The molecule has 0 aromatic carbocycles. The second-order valence-corrected chi connectivity index (χ2v) is 3.52. The number of unbranched alkanes of at least 4 members (excludes halogenated alkanes) is 2. The molecule has 0 bridgehead atoms. The van der Waals surface area contributed by atoms with Crippen molar-refractivity contribution in [1.82, 2.24) is 0 Å². The predicted molar refractivity (Wildman–Crippen MR) is 52.6 cm³/mol. The standard InChI is InChI=1S/C11H18O2/c1-2-3-4-6-10-7-5-8-11(9-12)13-10/h5,8-11H,2-4,6-7H2,1H3. The molecule has 1 aliphatic rings. The Kier molecular flexibility index (Phi) is 4.76. The number of ether oxygens (including phenoxy) is 1. The Labute approximate surface area is 80.0 Å². The monoisotopic (exact) mass is 182 g/mol. The molecule has 0 aliphatic carbocycles. The summed E-state index contributed by atoms with van der Waals surface area (Å²) in [6, 6.07) is 0. The van der Waals surface area contributed by atoms with Gasteiger partial charge in [-0.05, 0) is 12.8 Å². The van der Waals surface area contributed by atoms with E-state index in [2.05, 4.69) is 13.0 Å². The fraction of sp³-hybridized carbons (Fsp3) is 0.727. The van der Waals surface area contributed by atoms with Crippen LogP contribution in [0.1, 0.15) is 39.0 Å². The van der Waals surface area contributed by atoms with Gasteiger partial charge in [0.25, 0.3) is 0 Å². The molecular weight excluding hydrogens is 164 g/mol. The molecule has 2 heteroatoms. The van der Waals surface area contributed by atoms with Crippen LogP contribution in [0.25, 0.3) is 0 Å². The Balaban J connectivity index is 2.20. The third-order valence-corrected chi connectivity index (χ3v) is 2.34. The summed E-state index contributed by atoms with van der Waals surface area (Å²) in [7, 11) is 0. The highest BCUT2D eigenvalue weighted by Gasteiger charge is 2.16. The molecule has 74 valence electrons. The molecule has 0 fully saturated rings. The van der Waals surface area contributed by atoms with Gasteiger partial charge in [-0.1, -0.05) is 38.3 Å². The van der Waals surface area contributed by atoms with Crippen LogP contribution in [0.4, 0.5) is 0 Å². The van der Waals surface area contributed by atoms with Crippen LogP contribution in [0.15, 0.2) is 12.2 Å². The van der Waals surface area contributed by atoms with Crippen LogP contribution < -0.4 is 0 Å². The van der Waals surface area contributed by atoms with E-state index in [0.29, 0.717) is 0 Å². The maximum atomic E-state index is 10.5. The first kappa shape index (κ1) is 10.5. The highest BCUT2D eigenvalue weighted by molar-refractivity contribution is 5.59. The molecule has 0 amide bonds. The summed E-state index contributed by atoms with van der Waals surface area (Å²) < 4.78 is 5.53. The molecule has 0 aromatic rings. The first-order chi connectivity index (χ1) is 6.36. The zero-order chi connectivity index (χ0) is 9.52. The lowest BCUT2D eigenvalue weighted by molar-refractivity contribution is -0.119. The van der Waals surface area contributed by atoms with Crippen molar-refractivity contribution in [1.29, 1.82) is 0 Å². The molecule has 2 nitrogen and oxygen atoms in total. The van der Waals surface area contributed by atoms with Gasteiger partial charge in [0.1, 0.15) is 6.10 Å². The minimum atomic E-state index is -0.291. The Hall–Kier alpha value is -0.630. The number of carbonyl (C=O) groups is 1. The van der Waals surface area contributed by atoms with Crippen molar-refractivity contribution in [2.24, 2.45) is 0 Å². The fourth-order valence-corrected chi connectivity index (χ4v) is 1.57. The predicted octanol–water partition coefficient (Wildman–Crippen LogP) is 2.48. The molecular formula is C11H18O2. The molecule has 0 saturated carbocycles. The van der Waals surface area contributed by atoms with Gasteiger partial charge in [-0.2, -0.15) is 0 Å².